The van der Waals surface area contributed by atoms with Gasteiger partial charge in [-0.25, -0.2) is 8.42 Å². The van der Waals surface area contributed by atoms with E-state index in [1.165, 1.54) is 16.4 Å². The normalized spacial score (nSPS) is 18.2. The third-order valence-corrected chi connectivity index (χ3v) is 7.83. The zero-order valence-corrected chi connectivity index (χ0v) is 18.0. The van der Waals surface area contributed by atoms with Crippen LogP contribution in [-0.2, 0) is 10.0 Å². The van der Waals surface area contributed by atoms with Gasteiger partial charge in [-0.05, 0) is 37.1 Å². The van der Waals surface area contributed by atoms with Crippen molar-refractivity contribution >= 4 is 27.1 Å². The second-order valence-electron chi connectivity index (χ2n) is 7.84. The zero-order valence-electron chi connectivity index (χ0n) is 17.2. The smallest absolute Gasteiger partial charge is 0.293 e. The van der Waals surface area contributed by atoms with Crippen LogP contribution in [0.3, 0.4) is 0 Å². The Labute approximate surface area is 181 Å². The van der Waals surface area contributed by atoms with Gasteiger partial charge >= 0.3 is 0 Å². The molecular weight excluding hydrogens is 420 g/mol. The minimum Gasteiger partial charge on any atom is -0.506 e. The lowest BCUT2D eigenvalue weighted by molar-refractivity contribution is -0.384. The largest absolute Gasteiger partial charge is 0.506 e. The van der Waals surface area contributed by atoms with Crippen LogP contribution in [0.4, 0.5) is 17.1 Å². The molecule has 166 valence electrons. The molecule has 2 aliphatic heterocycles. The predicted octanol–water partition coefficient (Wildman–Crippen LogP) is 2.80. The van der Waals surface area contributed by atoms with Crippen LogP contribution in [0.2, 0.25) is 0 Å². The molecule has 2 fully saturated rings. The molecule has 0 bridgehead atoms. The fraction of sp³-hybridized carbons (Fsp3) is 0.429. The van der Waals surface area contributed by atoms with E-state index in [0.717, 1.165) is 24.9 Å². The van der Waals surface area contributed by atoms with Crippen LogP contribution in [0.15, 0.2) is 47.4 Å². The van der Waals surface area contributed by atoms with Crippen molar-refractivity contribution < 1.29 is 18.4 Å². The van der Waals surface area contributed by atoms with Crippen LogP contribution in [0, 0.1) is 10.1 Å². The number of nitro benzene ring substituents is 1. The Morgan fingerprint density at radius 3 is 2.06 bits per heavy atom. The summed E-state index contributed by atoms with van der Waals surface area (Å²) in [5.74, 6) is 0.203. The summed E-state index contributed by atoms with van der Waals surface area (Å²) in [5.41, 5.74) is 0.952. The molecule has 0 radical (unpaired) electrons. The topological polar surface area (TPSA) is 107 Å². The monoisotopic (exact) mass is 446 g/mol. The van der Waals surface area contributed by atoms with Crippen LogP contribution in [0.1, 0.15) is 19.3 Å². The molecule has 31 heavy (non-hydrogen) atoms. The minimum atomic E-state index is -3.74. The van der Waals surface area contributed by atoms with Crippen LogP contribution in [0.5, 0.6) is 5.75 Å². The van der Waals surface area contributed by atoms with E-state index in [2.05, 4.69) is 0 Å². The summed E-state index contributed by atoms with van der Waals surface area (Å²) < 4.78 is 27.3. The quantitative estimate of drug-likeness (QED) is 0.556. The van der Waals surface area contributed by atoms with E-state index in [1.807, 2.05) is 21.9 Å². The highest BCUT2D eigenvalue weighted by molar-refractivity contribution is 7.89. The molecule has 4 rings (SSSR count). The second-order valence-corrected chi connectivity index (χ2v) is 9.77. The van der Waals surface area contributed by atoms with Gasteiger partial charge in [0.05, 0.1) is 15.5 Å². The first kappa shape index (κ1) is 21.4. The predicted molar refractivity (Wildman–Crippen MR) is 118 cm³/mol. The third-order valence-electron chi connectivity index (χ3n) is 5.94. The second kappa shape index (κ2) is 8.72. The van der Waals surface area contributed by atoms with Gasteiger partial charge in [-0.1, -0.05) is 18.6 Å². The fourth-order valence-corrected chi connectivity index (χ4v) is 5.79. The van der Waals surface area contributed by atoms with Gasteiger partial charge < -0.3 is 14.9 Å². The van der Waals surface area contributed by atoms with E-state index >= 15 is 0 Å². The standard InChI is InChI=1S/C21H26N4O5S/c26-21-7-3-2-6-19(21)23-14-12-22(13-15-23)18-9-8-17(16-20(18)25(27)28)31(29,30)24-10-4-1-5-11-24/h2-3,6-9,16,26H,1,4-5,10-15H2. The number of piperidine rings is 1. The van der Waals surface area contributed by atoms with Gasteiger partial charge in [-0.3, -0.25) is 10.1 Å². The first-order valence-electron chi connectivity index (χ1n) is 10.4. The molecule has 2 saturated heterocycles. The minimum absolute atomic E-state index is 0.0299. The van der Waals surface area contributed by atoms with Gasteiger partial charge in [0.2, 0.25) is 10.0 Å². The number of anilines is 2. The van der Waals surface area contributed by atoms with E-state index in [4.69, 9.17) is 0 Å². The third kappa shape index (κ3) is 4.31. The van der Waals surface area contributed by atoms with E-state index in [0.29, 0.717) is 45.0 Å². The summed E-state index contributed by atoms with van der Waals surface area (Å²) in [7, 11) is -3.74. The summed E-state index contributed by atoms with van der Waals surface area (Å²) >= 11 is 0. The van der Waals surface area contributed by atoms with Crippen LogP contribution >= 0.6 is 0 Å². The lowest BCUT2D eigenvalue weighted by Crippen LogP contribution is -2.46. The molecule has 0 aromatic heterocycles. The first-order valence-corrected chi connectivity index (χ1v) is 11.9. The number of nitrogens with zero attached hydrogens (tertiary/aromatic N) is 4. The van der Waals surface area contributed by atoms with Crippen molar-refractivity contribution in [1.82, 2.24) is 4.31 Å². The van der Waals surface area contributed by atoms with Gasteiger partial charge in [-0.15, -0.1) is 0 Å². The first-order chi connectivity index (χ1) is 14.9. The highest BCUT2D eigenvalue weighted by Crippen LogP contribution is 2.34. The number of phenols is 1. The maximum absolute atomic E-state index is 12.9. The number of nitro groups is 1. The van der Waals surface area contributed by atoms with Crippen LogP contribution in [0.25, 0.3) is 0 Å². The molecule has 2 aromatic carbocycles. The number of sulfonamides is 1. The number of para-hydroxylation sites is 2. The molecule has 0 spiro atoms. The Balaban J connectivity index is 1.55. The van der Waals surface area contributed by atoms with Crippen molar-refractivity contribution in [3.05, 3.63) is 52.6 Å². The maximum atomic E-state index is 12.9. The zero-order chi connectivity index (χ0) is 22.0. The summed E-state index contributed by atoms with van der Waals surface area (Å²) in [6.45, 7) is 3.12. The highest BCUT2D eigenvalue weighted by Gasteiger charge is 2.30. The Hall–Kier alpha value is -2.85. The van der Waals surface area contributed by atoms with E-state index in [1.54, 1.807) is 18.2 Å². The van der Waals surface area contributed by atoms with Crippen molar-refractivity contribution in [2.75, 3.05) is 49.1 Å². The summed E-state index contributed by atoms with van der Waals surface area (Å²) in [6, 6.07) is 11.3. The van der Waals surface area contributed by atoms with Gasteiger partial charge in [0.25, 0.3) is 5.69 Å². The molecule has 9 nitrogen and oxygen atoms in total. The fourth-order valence-electron chi connectivity index (χ4n) is 4.25. The van der Waals surface area contributed by atoms with Gasteiger partial charge in [0.1, 0.15) is 11.4 Å². The van der Waals surface area contributed by atoms with Gasteiger partial charge in [0.15, 0.2) is 0 Å². The molecule has 0 aliphatic carbocycles. The van der Waals surface area contributed by atoms with E-state index in [9.17, 15) is 23.6 Å². The molecule has 2 heterocycles. The van der Waals surface area contributed by atoms with Crippen molar-refractivity contribution in [2.45, 2.75) is 24.2 Å². The number of benzene rings is 2. The van der Waals surface area contributed by atoms with E-state index < -0.39 is 14.9 Å². The Morgan fingerprint density at radius 2 is 1.45 bits per heavy atom. The maximum Gasteiger partial charge on any atom is 0.293 e. The number of phenolic OH excluding ortho intramolecular Hbond substituents is 1. The summed E-state index contributed by atoms with van der Waals surface area (Å²) in [6.07, 6.45) is 2.61. The summed E-state index contributed by atoms with van der Waals surface area (Å²) in [5, 5.41) is 21.8. The van der Waals surface area contributed by atoms with Gasteiger partial charge in [-0.2, -0.15) is 4.31 Å². The van der Waals surface area contributed by atoms with Crippen LogP contribution < -0.4 is 9.80 Å². The Kier molecular flexibility index (Phi) is 6.01. The molecule has 1 N–H and O–H groups in total. The van der Waals surface area contributed by atoms with Crippen LogP contribution in [-0.4, -0.2) is 62.0 Å². The number of hydrogen-bond acceptors (Lipinski definition) is 7. The molecule has 2 aliphatic rings. The van der Waals surface area contributed by atoms with Crippen molar-refractivity contribution in [3.8, 4) is 5.75 Å². The molecule has 2 aromatic rings. The van der Waals surface area contributed by atoms with E-state index in [-0.39, 0.29) is 16.3 Å². The molecule has 0 atom stereocenters. The molecule has 0 amide bonds. The summed E-state index contributed by atoms with van der Waals surface area (Å²) in [4.78, 5) is 15.2. The average Bonchev–Trinajstić information content (AvgIpc) is 2.80. The molecule has 0 unspecified atom stereocenters. The number of hydrogen-bond donors (Lipinski definition) is 1. The highest BCUT2D eigenvalue weighted by atomic mass is 32.2. The SMILES string of the molecule is O=[N+]([O-])c1cc(S(=O)(=O)N2CCCCC2)ccc1N1CCN(c2ccccc2O)CC1. The lowest BCUT2D eigenvalue weighted by atomic mass is 10.2. The Morgan fingerprint density at radius 1 is 0.839 bits per heavy atom. The number of aromatic hydroxyl groups is 1. The van der Waals surface area contributed by atoms with Crippen molar-refractivity contribution in [2.24, 2.45) is 0 Å². The molecule has 10 heteroatoms. The van der Waals surface area contributed by atoms with Crippen molar-refractivity contribution in [1.29, 1.82) is 0 Å². The van der Waals surface area contributed by atoms with Gasteiger partial charge in [0, 0.05) is 45.3 Å². The lowest BCUT2D eigenvalue weighted by Gasteiger charge is -2.37. The number of piperazine rings is 1. The molecular formula is C21H26N4O5S. The number of rotatable bonds is 5. The molecule has 0 saturated carbocycles. The average molecular weight is 447 g/mol. The van der Waals surface area contributed by atoms with Crippen molar-refractivity contribution in [3.63, 3.8) is 0 Å². The Bertz CT molecular complexity index is 1060.